The Labute approximate surface area is 166 Å². The molecule has 1 heterocycles. The molecular formula is C24H32BrN. The van der Waals surface area contributed by atoms with E-state index in [0.717, 1.165) is 4.47 Å². The van der Waals surface area contributed by atoms with E-state index < -0.39 is 0 Å². The standard InChI is InChI=1S/C24H32BrN/c1-2-3-4-5-6-7-8-9-10-11-12-19-13-16-23-22(17-19)21-15-14-20(25)18-24(21)26-23/h13-18,26H,2-12H2,1H3. The molecule has 1 aromatic heterocycles. The van der Waals surface area contributed by atoms with Gasteiger partial charge in [-0.05, 0) is 42.7 Å². The highest BCUT2D eigenvalue weighted by Crippen LogP contribution is 2.28. The third-order valence-corrected chi connectivity index (χ3v) is 5.94. The van der Waals surface area contributed by atoms with Gasteiger partial charge in [-0.2, -0.15) is 0 Å². The summed E-state index contributed by atoms with van der Waals surface area (Å²) in [6.45, 7) is 2.29. The van der Waals surface area contributed by atoms with Crippen molar-refractivity contribution in [3.63, 3.8) is 0 Å². The van der Waals surface area contributed by atoms with E-state index in [1.165, 1.54) is 98.0 Å². The predicted molar refractivity (Wildman–Crippen MR) is 119 cm³/mol. The first-order valence-corrected chi connectivity index (χ1v) is 11.3. The van der Waals surface area contributed by atoms with Crippen LogP contribution in [0.4, 0.5) is 0 Å². The number of nitrogens with one attached hydrogen (secondary N) is 1. The molecule has 1 N–H and O–H groups in total. The quantitative estimate of drug-likeness (QED) is 0.303. The Morgan fingerprint density at radius 2 is 1.38 bits per heavy atom. The van der Waals surface area contributed by atoms with E-state index >= 15 is 0 Å². The van der Waals surface area contributed by atoms with E-state index in [-0.39, 0.29) is 0 Å². The van der Waals surface area contributed by atoms with Crippen LogP contribution in [0, 0.1) is 0 Å². The van der Waals surface area contributed by atoms with Crippen molar-refractivity contribution in [2.24, 2.45) is 0 Å². The first-order valence-electron chi connectivity index (χ1n) is 10.5. The van der Waals surface area contributed by atoms with Crippen molar-refractivity contribution < 1.29 is 0 Å². The van der Waals surface area contributed by atoms with Crippen LogP contribution < -0.4 is 0 Å². The van der Waals surface area contributed by atoms with Gasteiger partial charge in [0.15, 0.2) is 0 Å². The highest BCUT2D eigenvalue weighted by molar-refractivity contribution is 9.10. The van der Waals surface area contributed by atoms with Crippen LogP contribution in [0.3, 0.4) is 0 Å². The molecule has 2 aromatic carbocycles. The van der Waals surface area contributed by atoms with Gasteiger partial charge >= 0.3 is 0 Å². The lowest BCUT2D eigenvalue weighted by Gasteiger charge is -2.04. The van der Waals surface area contributed by atoms with E-state index in [9.17, 15) is 0 Å². The van der Waals surface area contributed by atoms with E-state index in [2.05, 4.69) is 64.2 Å². The molecule has 0 saturated carbocycles. The normalized spacial score (nSPS) is 11.6. The van der Waals surface area contributed by atoms with E-state index in [0.29, 0.717) is 0 Å². The summed E-state index contributed by atoms with van der Waals surface area (Å²) in [5.74, 6) is 0. The van der Waals surface area contributed by atoms with Crippen molar-refractivity contribution in [2.45, 2.75) is 77.6 Å². The van der Waals surface area contributed by atoms with Crippen LogP contribution in [0.25, 0.3) is 21.8 Å². The summed E-state index contributed by atoms with van der Waals surface area (Å²) in [5, 5.41) is 2.69. The second kappa shape index (κ2) is 10.2. The van der Waals surface area contributed by atoms with Crippen LogP contribution in [0.1, 0.15) is 76.7 Å². The molecule has 0 fully saturated rings. The number of aryl methyl sites for hydroxylation is 1. The van der Waals surface area contributed by atoms with E-state index in [1.54, 1.807) is 0 Å². The largest absolute Gasteiger partial charge is 0.354 e. The summed E-state index contributed by atoms with van der Waals surface area (Å²) in [6, 6.07) is 13.4. The molecule has 26 heavy (non-hydrogen) atoms. The smallest absolute Gasteiger partial charge is 0.0476 e. The molecule has 0 saturated heterocycles. The fourth-order valence-electron chi connectivity index (χ4n) is 3.90. The van der Waals surface area contributed by atoms with Crippen LogP contribution in [0.5, 0.6) is 0 Å². The van der Waals surface area contributed by atoms with Crippen molar-refractivity contribution in [3.05, 3.63) is 46.4 Å². The lowest BCUT2D eigenvalue weighted by atomic mass is 10.0. The second-order valence-corrected chi connectivity index (χ2v) is 8.54. The summed E-state index contributed by atoms with van der Waals surface area (Å²) in [5.41, 5.74) is 3.93. The van der Waals surface area contributed by atoms with Gasteiger partial charge in [-0.25, -0.2) is 0 Å². The van der Waals surface area contributed by atoms with Gasteiger partial charge < -0.3 is 4.98 Å². The molecule has 0 spiro atoms. The number of unbranched alkanes of at least 4 members (excludes halogenated alkanes) is 9. The number of benzene rings is 2. The van der Waals surface area contributed by atoms with Crippen LogP contribution in [-0.4, -0.2) is 4.98 Å². The minimum Gasteiger partial charge on any atom is -0.354 e. The summed E-state index contributed by atoms with van der Waals surface area (Å²) in [4.78, 5) is 3.52. The van der Waals surface area contributed by atoms with Gasteiger partial charge in [-0.15, -0.1) is 0 Å². The number of aromatic nitrogens is 1. The Balaban J connectivity index is 1.42. The van der Waals surface area contributed by atoms with E-state index in [4.69, 9.17) is 0 Å². The fraction of sp³-hybridized carbons (Fsp3) is 0.500. The highest BCUT2D eigenvalue weighted by atomic mass is 79.9. The number of hydrogen-bond donors (Lipinski definition) is 1. The molecule has 0 aliphatic heterocycles. The fourth-order valence-corrected chi connectivity index (χ4v) is 4.26. The average Bonchev–Trinajstić information content (AvgIpc) is 3.00. The second-order valence-electron chi connectivity index (χ2n) is 7.63. The number of fused-ring (bicyclic) bond motifs is 3. The van der Waals surface area contributed by atoms with Crippen LogP contribution in [0.2, 0.25) is 0 Å². The predicted octanol–water partition coefficient (Wildman–Crippen LogP) is 8.55. The summed E-state index contributed by atoms with van der Waals surface area (Å²) in [7, 11) is 0. The lowest BCUT2D eigenvalue weighted by Crippen LogP contribution is -1.87. The minimum absolute atomic E-state index is 1.13. The number of aromatic amines is 1. The molecule has 0 atom stereocenters. The Kier molecular flexibility index (Phi) is 7.61. The average molecular weight is 414 g/mol. The van der Waals surface area contributed by atoms with E-state index in [1.807, 2.05) is 0 Å². The van der Waals surface area contributed by atoms with Crippen molar-refractivity contribution in [1.29, 1.82) is 0 Å². The number of rotatable bonds is 11. The molecule has 2 heteroatoms. The molecule has 1 nitrogen and oxygen atoms in total. The Morgan fingerprint density at radius 3 is 2.12 bits per heavy atom. The van der Waals surface area contributed by atoms with Crippen molar-refractivity contribution in [3.8, 4) is 0 Å². The van der Waals surface area contributed by atoms with Crippen LogP contribution in [-0.2, 0) is 6.42 Å². The molecule has 3 rings (SSSR count). The molecule has 3 aromatic rings. The Morgan fingerprint density at radius 1 is 0.692 bits per heavy atom. The zero-order valence-electron chi connectivity index (χ0n) is 16.1. The third kappa shape index (κ3) is 5.36. The highest BCUT2D eigenvalue weighted by Gasteiger charge is 2.05. The Hall–Kier alpha value is -1.28. The molecule has 0 bridgehead atoms. The first-order chi connectivity index (χ1) is 12.8. The SMILES string of the molecule is CCCCCCCCCCCCc1ccc2[nH]c3cc(Br)ccc3c2c1. The van der Waals surface area contributed by atoms with Crippen molar-refractivity contribution >= 4 is 37.7 Å². The van der Waals surface area contributed by atoms with Crippen molar-refractivity contribution in [2.75, 3.05) is 0 Å². The van der Waals surface area contributed by atoms with Gasteiger partial charge in [-0.1, -0.05) is 92.8 Å². The van der Waals surface area contributed by atoms with Gasteiger partial charge in [-0.3, -0.25) is 0 Å². The van der Waals surface area contributed by atoms with Gasteiger partial charge in [0.25, 0.3) is 0 Å². The maximum Gasteiger partial charge on any atom is 0.0476 e. The Bertz CT molecular complexity index is 818. The molecule has 0 radical (unpaired) electrons. The van der Waals surface area contributed by atoms with Crippen LogP contribution in [0.15, 0.2) is 40.9 Å². The number of H-pyrrole nitrogens is 1. The maximum absolute atomic E-state index is 3.56. The molecule has 0 unspecified atom stereocenters. The topological polar surface area (TPSA) is 15.8 Å². The van der Waals surface area contributed by atoms with Gasteiger partial charge in [0, 0.05) is 26.3 Å². The zero-order valence-corrected chi connectivity index (χ0v) is 17.7. The zero-order chi connectivity index (χ0) is 18.2. The summed E-state index contributed by atoms with van der Waals surface area (Å²) in [6.07, 6.45) is 15.2. The minimum atomic E-state index is 1.13. The van der Waals surface area contributed by atoms with Crippen molar-refractivity contribution in [1.82, 2.24) is 4.98 Å². The molecule has 0 aliphatic rings. The molecular weight excluding hydrogens is 382 g/mol. The maximum atomic E-state index is 3.56. The molecule has 140 valence electrons. The molecule has 0 aliphatic carbocycles. The first kappa shape index (κ1) is 19.5. The summed E-state index contributed by atoms with van der Waals surface area (Å²) >= 11 is 3.56. The van der Waals surface area contributed by atoms with Gasteiger partial charge in [0.2, 0.25) is 0 Å². The number of hydrogen-bond acceptors (Lipinski definition) is 0. The van der Waals surface area contributed by atoms with Gasteiger partial charge in [0.1, 0.15) is 0 Å². The third-order valence-electron chi connectivity index (χ3n) is 5.44. The monoisotopic (exact) mass is 413 g/mol. The van der Waals surface area contributed by atoms with Gasteiger partial charge in [0.05, 0.1) is 0 Å². The number of halogens is 1. The lowest BCUT2D eigenvalue weighted by molar-refractivity contribution is 0.556. The summed E-state index contributed by atoms with van der Waals surface area (Å²) < 4.78 is 1.13. The molecule has 0 amide bonds. The van der Waals surface area contributed by atoms with Crippen LogP contribution >= 0.6 is 15.9 Å².